The molecule has 0 spiro atoms. The Bertz CT molecular complexity index is 822. The summed E-state index contributed by atoms with van der Waals surface area (Å²) in [7, 11) is 0. The minimum Gasteiger partial charge on any atom is -0.378 e. The lowest BCUT2D eigenvalue weighted by Gasteiger charge is -2.34. The molecule has 1 aliphatic heterocycles. The number of carbonyl (C=O) groups excluding carboxylic acids is 1. The Balaban J connectivity index is 1.55. The van der Waals surface area contributed by atoms with E-state index in [1.54, 1.807) is 26.2 Å². The van der Waals surface area contributed by atoms with Gasteiger partial charge >= 0.3 is 0 Å². The van der Waals surface area contributed by atoms with Crippen molar-refractivity contribution < 1.29 is 9.90 Å². The molecule has 1 aliphatic rings. The van der Waals surface area contributed by atoms with Crippen molar-refractivity contribution in [2.45, 2.75) is 26.0 Å². The smallest absolute Gasteiger partial charge is 0.253 e. The maximum atomic E-state index is 12.8. The molecule has 2 heterocycles. The topological polar surface area (TPSA) is 74.5 Å². The van der Waals surface area contributed by atoms with Crippen LogP contribution in [0, 0.1) is 11.8 Å². The fourth-order valence-electron chi connectivity index (χ4n) is 2.90. The summed E-state index contributed by atoms with van der Waals surface area (Å²) in [5.74, 6) is 5.73. The van der Waals surface area contributed by atoms with Crippen molar-refractivity contribution in [1.29, 1.82) is 0 Å². The van der Waals surface area contributed by atoms with Crippen molar-refractivity contribution >= 4 is 5.91 Å². The van der Waals surface area contributed by atoms with Crippen LogP contribution in [0.25, 0.3) is 0 Å². The summed E-state index contributed by atoms with van der Waals surface area (Å²) >= 11 is 0. The number of aromatic nitrogens is 3. The number of nitrogens with zero attached hydrogens (tertiary/aromatic N) is 5. The summed E-state index contributed by atoms with van der Waals surface area (Å²) in [6.07, 6.45) is 3.25. The molecule has 1 N–H and O–H groups in total. The minimum absolute atomic E-state index is 0.0258. The molecule has 3 rings (SSSR count). The molecule has 0 unspecified atom stereocenters. The lowest BCUT2D eigenvalue weighted by Crippen LogP contribution is -2.49. The lowest BCUT2D eigenvalue weighted by atomic mass is 10.1. The molecule has 1 amide bonds. The zero-order valence-corrected chi connectivity index (χ0v) is 15.8. The van der Waals surface area contributed by atoms with Gasteiger partial charge in [0.25, 0.3) is 5.91 Å². The number of benzene rings is 1. The molecule has 142 valence electrons. The molecule has 27 heavy (non-hydrogen) atoms. The van der Waals surface area contributed by atoms with Crippen molar-refractivity contribution in [3.8, 4) is 11.8 Å². The van der Waals surface area contributed by atoms with Crippen molar-refractivity contribution in [2.75, 3.05) is 32.7 Å². The summed E-state index contributed by atoms with van der Waals surface area (Å²) in [6.45, 7) is 8.07. The van der Waals surface area contributed by atoms with Crippen molar-refractivity contribution in [3.63, 3.8) is 0 Å². The van der Waals surface area contributed by atoms with E-state index in [1.165, 1.54) is 6.33 Å². The molecule has 7 nitrogen and oxygen atoms in total. The largest absolute Gasteiger partial charge is 0.378 e. The summed E-state index contributed by atoms with van der Waals surface area (Å²) in [5.41, 5.74) is 0.311. The Hall–Kier alpha value is -2.69. The maximum absolute atomic E-state index is 12.8. The summed E-state index contributed by atoms with van der Waals surface area (Å²) in [6, 6.07) is 7.28. The molecule has 0 saturated carbocycles. The van der Waals surface area contributed by atoms with E-state index in [1.807, 2.05) is 27.8 Å². The molecule has 0 aliphatic carbocycles. The first kappa shape index (κ1) is 19.1. The van der Waals surface area contributed by atoms with Crippen LogP contribution in [-0.2, 0) is 6.54 Å². The number of amides is 1. The van der Waals surface area contributed by atoms with Gasteiger partial charge in [-0.05, 0) is 32.0 Å². The number of rotatable bonds is 4. The number of carbonyl (C=O) groups is 1. The first-order valence-corrected chi connectivity index (χ1v) is 9.10. The Morgan fingerprint density at radius 2 is 2.00 bits per heavy atom. The summed E-state index contributed by atoms with van der Waals surface area (Å²) in [5, 5.41) is 13.8. The fourth-order valence-corrected chi connectivity index (χ4v) is 2.90. The molecule has 2 aromatic rings. The van der Waals surface area contributed by atoms with Crippen molar-refractivity contribution in [3.05, 3.63) is 48.0 Å². The van der Waals surface area contributed by atoms with Crippen molar-refractivity contribution in [1.82, 2.24) is 24.6 Å². The van der Waals surface area contributed by atoms with Crippen LogP contribution >= 0.6 is 0 Å². The van der Waals surface area contributed by atoms with E-state index in [-0.39, 0.29) is 5.91 Å². The van der Waals surface area contributed by atoms with E-state index in [9.17, 15) is 9.90 Å². The van der Waals surface area contributed by atoms with Crippen LogP contribution in [0.15, 0.2) is 36.9 Å². The van der Waals surface area contributed by atoms with E-state index >= 15 is 0 Å². The van der Waals surface area contributed by atoms with Gasteiger partial charge in [0.15, 0.2) is 0 Å². The van der Waals surface area contributed by atoms with Crippen LogP contribution in [0.3, 0.4) is 0 Å². The molecule has 0 atom stereocenters. The van der Waals surface area contributed by atoms with Crippen LogP contribution < -0.4 is 0 Å². The van der Waals surface area contributed by atoms with Gasteiger partial charge in [0.05, 0.1) is 6.54 Å². The first-order chi connectivity index (χ1) is 12.9. The highest BCUT2D eigenvalue weighted by molar-refractivity contribution is 5.94. The number of aliphatic hydroxyl groups is 1. The van der Waals surface area contributed by atoms with Gasteiger partial charge < -0.3 is 10.0 Å². The van der Waals surface area contributed by atoms with E-state index in [2.05, 4.69) is 26.8 Å². The maximum Gasteiger partial charge on any atom is 0.253 e. The second-order valence-corrected chi connectivity index (χ2v) is 7.18. The third-order valence-corrected chi connectivity index (χ3v) is 4.39. The standard InChI is InChI=1S/C20H25N5O2/c1-20(2,27)7-6-17-4-3-5-18(14-17)19(26)24-11-8-23(9-12-24)10-13-25-16-21-15-22-25/h3-5,14-16,27H,8-13H2,1-2H3. The molecule has 0 radical (unpaired) electrons. The zero-order valence-electron chi connectivity index (χ0n) is 15.8. The van der Waals surface area contributed by atoms with Gasteiger partial charge in [-0.25, -0.2) is 4.98 Å². The van der Waals surface area contributed by atoms with Crippen LogP contribution in [-0.4, -0.2) is 73.9 Å². The molecule has 1 aromatic carbocycles. The Labute approximate surface area is 159 Å². The van der Waals surface area contributed by atoms with Crippen LogP contribution in [0.1, 0.15) is 29.8 Å². The Morgan fingerprint density at radius 1 is 1.22 bits per heavy atom. The van der Waals surface area contributed by atoms with Gasteiger partial charge in [0.2, 0.25) is 0 Å². The van der Waals surface area contributed by atoms with E-state index in [4.69, 9.17) is 0 Å². The van der Waals surface area contributed by atoms with E-state index in [0.29, 0.717) is 18.7 Å². The first-order valence-electron chi connectivity index (χ1n) is 9.10. The molecule has 1 fully saturated rings. The van der Waals surface area contributed by atoms with Gasteiger partial charge in [0, 0.05) is 43.9 Å². The lowest BCUT2D eigenvalue weighted by molar-refractivity contribution is 0.0632. The van der Waals surface area contributed by atoms with Gasteiger partial charge in [0.1, 0.15) is 18.3 Å². The predicted molar refractivity (Wildman–Crippen MR) is 102 cm³/mol. The second-order valence-electron chi connectivity index (χ2n) is 7.18. The average Bonchev–Trinajstić information content (AvgIpc) is 3.18. The monoisotopic (exact) mass is 367 g/mol. The second kappa shape index (κ2) is 8.33. The van der Waals surface area contributed by atoms with E-state index < -0.39 is 5.60 Å². The molecule has 1 aromatic heterocycles. The number of hydrogen-bond donors (Lipinski definition) is 1. The van der Waals surface area contributed by atoms with Crippen LogP contribution in [0.2, 0.25) is 0 Å². The SMILES string of the molecule is CC(C)(O)C#Cc1cccc(C(=O)N2CCN(CCn3cncn3)CC2)c1. The average molecular weight is 367 g/mol. The highest BCUT2D eigenvalue weighted by Crippen LogP contribution is 2.11. The molecule has 7 heteroatoms. The highest BCUT2D eigenvalue weighted by Gasteiger charge is 2.22. The third kappa shape index (κ3) is 5.64. The number of piperazine rings is 1. The predicted octanol–water partition coefficient (Wildman–Crippen LogP) is 0.858. The minimum atomic E-state index is -1.05. The Kier molecular flexibility index (Phi) is 5.89. The van der Waals surface area contributed by atoms with Crippen molar-refractivity contribution in [2.24, 2.45) is 0 Å². The highest BCUT2D eigenvalue weighted by atomic mass is 16.3. The molecule has 0 bridgehead atoms. The molecule has 1 saturated heterocycles. The van der Waals surface area contributed by atoms with Gasteiger partial charge in [-0.2, -0.15) is 5.10 Å². The summed E-state index contributed by atoms with van der Waals surface area (Å²) in [4.78, 5) is 21.0. The van der Waals surface area contributed by atoms with Crippen LogP contribution in [0.5, 0.6) is 0 Å². The quantitative estimate of drug-likeness (QED) is 0.812. The fraction of sp³-hybridized carbons (Fsp3) is 0.450. The van der Waals surface area contributed by atoms with Gasteiger partial charge in [-0.1, -0.05) is 17.9 Å². The number of hydrogen-bond acceptors (Lipinski definition) is 5. The summed E-state index contributed by atoms with van der Waals surface area (Å²) < 4.78 is 1.82. The zero-order chi connectivity index (χ0) is 19.3. The Morgan fingerprint density at radius 3 is 2.67 bits per heavy atom. The molecular weight excluding hydrogens is 342 g/mol. The van der Waals surface area contributed by atoms with Crippen LogP contribution in [0.4, 0.5) is 0 Å². The normalized spacial score (nSPS) is 15.3. The van der Waals surface area contributed by atoms with E-state index in [0.717, 1.165) is 31.7 Å². The van der Waals surface area contributed by atoms with Gasteiger partial charge in [-0.3, -0.25) is 14.4 Å². The molecular formula is C20H25N5O2. The third-order valence-electron chi connectivity index (χ3n) is 4.39. The van der Waals surface area contributed by atoms with Gasteiger partial charge in [-0.15, -0.1) is 0 Å².